The van der Waals surface area contributed by atoms with Crippen LogP contribution in [0, 0.1) is 0 Å². The fourth-order valence-corrected chi connectivity index (χ4v) is 2.46. The molecule has 2 bridgehead atoms. The maximum absolute atomic E-state index is 12.0. The van der Waals surface area contributed by atoms with Gasteiger partial charge in [-0.3, -0.25) is 4.79 Å². The number of ether oxygens (including phenoxy) is 4. The molecule has 0 aliphatic carbocycles. The highest BCUT2D eigenvalue weighted by Gasteiger charge is 2.53. The lowest BCUT2D eigenvalue weighted by Gasteiger charge is -2.30. The van der Waals surface area contributed by atoms with E-state index in [2.05, 4.69) is 0 Å². The first kappa shape index (κ1) is 11.3. The third kappa shape index (κ3) is 2.57. The van der Waals surface area contributed by atoms with E-state index in [1.807, 2.05) is 30.3 Å². The summed E-state index contributed by atoms with van der Waals surface area (Å²) in [4.78, 5) is 12.0. The van der Waals surface area contributed by atoms with Crippen molar-refractivity contribution < 1.29 is 26.5 Å². The van der Waals surface area contributed by atoms with E-state index in [0.29, 0.717) is 6.61 Å². The number of hydrogen-bond acceptors (Lipinski definition) is 5. The van der Waals surface area contributed by atoms with E-state index in [4.69, 9.17) is 21.7 Å². The highest BCUT2D eigenvalue weighted by atomic mass is 16.8. The van der Waals surface area contributed by atoms with Crippen LogP contribution in [0.25, 0.3) is 0 Å². The summed E-state index contributed by atoms with van der Waals surface area (Å²) in [5.74, 6) is -2.78. The molecule has 1 aromatic rings. The van der Waals surface area contributed by atoms with Gasteiger partial charge in [0.25, 0.3) is 0 Å². The van der Waals surface area contributed by atoms with Gasteiger partial charge in [-0.05, 0) is 12.5 Å². The first-order chi connectivity index (χ1) is 10.5. The van der Waals surface area contributed by atoms with Gasteiger partial charge in [-0.2, -0.15) is 0 Å². The molecule has 0 N–H and O–H groups in total. The maximum Gasteiger partial charge on any atom is 0.311 e. The minimum Gasteiger partial charge on any atom is -0.466 e. The van der Waals surface area contributed by atoms with Crippen LogP contribution in [-0.2, 0) is 23.7 Å². The standard InChI is InChI=1S/C15H18O5/c1-2-18-13(16)8-15-10-17-9-12(19-15)14(20-15)11-6-4-3-5-7-11/h3-7,12,14H,2,8-10H2,1H3/t12-,14-,15-/m0/s1/i8D2. The first-order valence-electron chi connectivity index (χ1n) is 7.66. The summed E-state index contributed by atoms with van der Waals surface area (Å²) in [6.07, 6.45) is -3.39. The average molecular weight is 280 g/mol. The number of esters is 1. The van der Waals surface area contributed by atoms with Crippen LogP contribution in [0.2, 0.25) is 0 Å². The molecule has 1 aromatic carbocycles. The zero-order valence-corrected chi connectivity index (χ0v) is 11.2. The van der Waals surface area contributed by atoms with Gasteiger partial charge in [0, 0.05) is 2.74 Å². The molecule has 0 aromatic heterocycles. The minimum atomic E-state index is -2.45. The molecular formula is C15H18O5. The Hall–Kier alpha value is -1.43. The maximum atomic E-state index is 12.0. The van der Waals surface area contributed by atoms with Gasteiger partial charge in [0.1, 0.15) is 25.2 Å². The van der Waals surface area contributed by atoms with Crippen LogP contribution >= 0.6 is 0 Å². The highest BCUT2D eigenvalue weighted by molar-refractivity contribution is 5.70. The van der Waals surface area contributed by atoms with E-state index in [1.54, 1.807) is 6.92 Å². The van der Waals surface area contributed by atoms with E-state index >= 15 is 0 Å². The van der Waals surface area contributed by atoms with Crippen molar-refractivity contribution in [1.29, 1.82) is 0 Å². The second-order valence-corrected chi connectivity index (χ2v) is 4.72. The quantitative estimate of drug-likeness (QED) is 0.787. The number of hydrogen-bond donors (Lipinski definition) is 0. The topological polar surface area (TPSA) is 54.0 Å². The Morgan fingerprint density at radius 1 is 1.45 bits per heavy atom. The van der Waals surface area contributed by atoms with Crippen LogP contribution in [0.3, 0.4) is 0 Å². The molecule has 0 unspecified atom stereocenters. The van der Waals surface area contributed by atoms with Crippen molar-refractivity contribution >= 4 is 5.97 Å². The zero-order valence-electron chi connectivity index (χ0n) is 13.2. The van der Waals surface area contributed by atoms with Crippen molar-refractivity contribution in [2.75, 3.05) is 19.8 Å². The second kappa shape index (κ2) is 5.52. The van der Waals surface area contributed by atoms with Crippen molar-refractivity contribution in [3.63, 3.8) is 0 Å². The monoisotopic (exact) mass is 280 g/mol. The van der Waals surface area contributed by atoms with Gasteiger partial charge in [-0.25, -0.2) is 0 Å². The van der Waals surface area contributed by atoms with Gasteiger partial charge in [-0.1, -0.05) is 30.3 Å². The van der Waals surface area contributed by atoms with Crippen LogP contribution < -0.4 is 0 Å². The highest BCUT2D eigenvalue weighted by Crippen LogP contribution is 2.43. The van der Waals surface area contributed by atoms with Crippen molar-refractivity contribution in [3.8, 4) is 0 Å². The Morgan fingerprint density at radius 3 is 3.00 bits per heavy atom. The Kier molecular flexibility index (Phi) is 3.10. The number of fused-ring (bicyclic) bond motifs is 2. The summed E-state index contributed by atoms with van der Waals surface area (Å²) < 4.78 is 38.1. The third-order valence-electron chi connectivity index (χ3n) is 3.27. The van der Waals surface area contributed by atoms with Crippen LogP contribution in [0.4, 0.5) is 0 Å². The number of carbonyl (C=O) groups is 1. The van der Waals surface area contributed by atoms with E-state index in [-0.39, 0.29) is 13.2 Å². The normalized spacial score (nSPS) is 34.2. The summed E-state index contributed by atoms with van der Waals surface area (Å²) in [6, 6.07) is 9.38. The first-order valence-corrected chi connectivity index (χ1v) is 6.66. The molecule has 2 saturated heterocycles. The molecule has 0 radical (unpaired) electrons. The molecule has 2 aliphatic heterocycles. The van der Waals surface area contributed by atoms with E-state index in [1.165, 1.54) is 0 Å². The molecule has 2 fully saturated rings. The summed E-state index contributed by atoms with van der Waals surface area (Å²) in [5.41, 5.74) is 0.861. The Balaban J connectivity index is 1.90. The predicted molar refractivity (Wildman–Crippen MR) is 69.9 cm³/mol. The molecular weight excluding hydrogens is 260 g/mol. The molecule has 2 aliphatic rings. The SMILES string of the molecule is [2H]C([2H])(C(=O)OCC)[C@]12COC[C@H](O1)[C@H](c1ccccc1)O2. The summed E-state index contributed by atoms with van der Waals surface area (Å²) in [7, 11) is 0. The lowest BCUT2D eigenvalue weighted by molar-refractivity contribution is -0.243. The van der Waals surface area contributed by atoms with Gasteiger partial charge in [0.15, 0.2) is 0 Å². The molecule has 0 saturated carbocycles. The molecule has 0 spiro atoms. The molecule has 5 nitrogen and oxygen atoms in total. The molecule has 20 heavy (non-hydrogen) atoms. The zero-order chi connectivity index (χ0) is 15.8. The fraction of sp³-hybridized carbons (Fsp3) is 0.533. The van der Waals surface area contributed by atoms with Crippen molar-refractivity contribution in [2.24, 2.45) is 0 Å². The summed E-state index contributed by atoms with van der Waals surface area (Å²) in [5, 5.41) is 0. The Labute approximate surface area is 120 Å². The summed E-state index contributed by atoms with van der Waals surface area (Å²) in [6.45, 7) is 1.84. The van der Waals surface area contributed by atoms with E-state index in [0.717, 1.165) is 5.56 Å². The molecule has 0 amide bonds. The largest absolute Gasteiger partial charge is 0.466 e. The molecule has 3 rings (SSSR count). The molecule has 3 atom stereocenters. The molecule has 5 heteroatoms. The lowest BCUT2D eigenvalue weighted by atomic mass is 10.1. The fourth-order valence-electron chi connectivity index (χ4n) is 2.46. The minimum absolute atomic E-state index is 0.0841. The van der Waals surface area contributed by atoms with Crippen molar-refractivity contribution in [1.82, 2.24) is 0 Å². The Bertz CT molecular complexity index is 550. The van der Waals surface area contributed by atoms with E-state index in [9.17, 15) is 4.79 Å². The smallest absolute Gasteiger partial charge is 0.311 e. The van der Waals surface area contributed by atoms with Gasteiger partial charge >= 0.3 is 5.97 Å². The van der Waals surface area contributed by atoms with Crippen molar-refractivity contribution in [3.05, 3.63) is 35.9 Å². The number of rotatable bonds is 4. The lowest BCUT2D eigenvalue weighted by Crippen LogP contribution is -2.43. The molecule has 2 heterocycles. The average Bonchev–Trinajstić information content (AvgIpc) is 2.80. The van der Waals surface area contributed by atoms with E-state index < -0.39 is 30.3 Å². The Morgan fingerprint density at radius 2 is 2.25 bits per heavy atom. The second-order valence-electron chi connectivity index (χ2n) is 4.72. The van der Waals surface area contributed by atoms with Crippen molar-refractivity contribution in [2.45, 2.75) is 31.3 Å². The van der Waals surface area contributed by atoms with Gasteiger partial charge in [0.05, 0.1) is 13.2 Å². The summed E-state index contributed by atoms with van der Waals surface area (Å²) >= 11 is 0. The van der Waals surface area contributed by atoms with Gasteiger partial charge in [0.2, 0.25) is 5.79 Å². The number of carbonyl (C=O) groups excluding carboxylic acids is 1. The molecule has 108 valence electrons. The predicted octanol–water partition coefficient (Wildman–Crippen LogP) is 1.82. The number of benzene rings is 1. The van der Waals surface area contributed by atoms with Crippen LogP contribution in [-0.4, -0.2) is 37.7 Å². The van der Waals surface area contributed by atoms with Crippen LogP contribution in [0.5, 0.6) is 0 Å². The van der Waals surface area contributed by atoms with Crippen LogP contribution in [0.1, 0.15) is 27.7 Å². The third-order valence-corrected chi connectivity index (χ3v) is 3.27. The van der Waals surface area contributed by atoms with Crippen LogP contribution in [0.15, 0.2) is 30.3 Å². The van der Waals surface area contributed by atoms with Gasteiger partial charge < -0.3 is 18.9 Å². The van der Waals surface area contributed by atoms with Gasteiger partial charge in [-0.15, -0.1) is 0 Å².